The van der Waals surface area contributed by atoms with E-state index in [1.165, 1.54) is 7.11 Å². The third kappa shape index (κ3) is 5.81. The molecule has 3 aromatic rings. The fourth-order valence-electron chi connectivity index (χ4n) is 2.63. The lowest BCUT2D eigenvalue weighted by molar-refractivity contribution is 0.0600. The van der Waals surface area contributed by atoms with Crippen LogP contribution in [0.3, 0.4) is 0 Å². The average molecular weight is 405 g/mol. The Bertz CT molecular complexity index is 914. The van der Waals surface area contributed by atoms with Gasteiger partial charge >= 0.3 is 5.97 Å². The van der Waals surface area contributed by atoms with Gasteiger partial charge in [0.15, 0.2) is 0 Å². The van der Waals surface area contributed by atoms with Crippen LogP contribution >= 0.6 is 8.38 Å². The molecule has 0 aromatic heterocycles. The van der Waals surface area contributed by atoms with Crippen molar-refractivity contribution in [2.24, 2.45) is 0 Å². The maximum Gasteiger partial charge on any atom is 0.337 e. The number of ether oxygens (including phenoxy) is 1. The Kier molecular flexibility index (Phi) is 7.22. The third-order valence-electron chi connectivity index (χ3n) is 4.12. The van der Waals surface area contributed by atoms with Gasteiger partial charge in [0.05, 0.1) is 30.8 Å². The molecule has 0 aliphatic heterocycles. The highest BCUT2D eigenvalue weighted by molar-refractivity contribution is 7.48. The van der Waals surface area contributed by atoms with Crippen LogP contribution in [0, 0.1) is 11.3 Å². The molecule has 3 aromatic carbocycles. The Morgan fingerprint density at radius 3 is 1.86 bits per heavy atom. The quantitative estimate of drug-likeness (QED) is 0.363. The van der Waals surface area contributed by atoms with Gasteiger partial charge < -0.3 is 13.8 Å². The molecule has 146 valence electrons. The van der Waals surface area contributed by atoms with Crippen molar-refractivity contribution in [1.29, 1.82) is 5.26 Å². The summed E-state index contributed by atoms with van der Waals surface area (Å²) in [4.78, 5) is 11.6. The van der Waals surface area contributed by atoms with E-state index in [1.54, 1.807) is 24.3 Å². The van der Waals surface area contributed by atoms with Crippen molar-refractivity contribution < 1.29 is 18.6 Å². The number of carbonyl (C=O) groups excluding carboxylic acids is 1. The normalized spacial score (nSPS) is 11.3. The van der Waals surface area contributed by atoms with E-state index < -0.39 is 20.3 Å². The molecule has 1 atom stereocenters. The van der Waals surface area contributed by atoms with Crippen LogP contribution in [0.15, 0.2) is 84.9 Å². The minimum Gasteiger partial charge on any atom is -0.465 e. The first kappa shape index (κ1) is 20.4. The van der Waals surface area contributed by atoms with Crippen LogP contribution in [0.1, 0.15) is 21.8 Å². The third-order valence-corrected chi connectivity index (χ3v) is 5.61. The molecule has 0 heterocycles. The van der Waals surface area contributed by atoms with Gasteiger partial charge in [-0.05, 0) is 42.0 Å². The Morgan fingerprint density at radius 2 is 1.41 bits per heavy atom. The topological polar surface area (TPSA) is 68.6 Å². The van der Waals surface area contributed by atoms with E-state index in [0.29, 0.717) is 23.2 Å². The second kappa shape index (κ2) is 10.3. The zero-order chi connectivity index (χ0) is 20.5. The number of para-hydroxylation sites is 2. The van der Waals surface area contributed by atoms with Gasteiger partial charge in [-0.3, -0.25) is 0 Å². The van der Waals surface area contributed by atoms with E-state index in [0.717, 1.165) is 5.56 Å². The number of nitrogens with zero attached hydrogens (tertiary/aromatic N) is 1. The van der Waals surface area contributed by atoms with Gasteiger partial charge in [0.25, 0.3) is 8.38 Å². The molecule has 0 saturated carbocycles. The largest absolute Gasteiger partial charge is 0.465 e. The predicted octanol–water partition coefficient (Wildman–Crippen LogP) is 5.55. The smallest absolute Gasteiger partial charge is 0.337 e. The van der Waals surface area contributed by atoms with Crippen molar-refractivity contribution in [3.63, 3.8) is 0 Å². The van der Waals surface area contributed by atoms with Gasteiger partial charge in [0.1, 0.15) is 11.5 Å². The first-order chi connectivity index (χ1) is 14.2. The SMILES string of the molecule is COC(=O)c1ccc(C(C#N)CP(Oc2ccccc2)Oc2ccccc2)cc1. The molecule has 5 nitrogen and oxygen atoms in total. The monoisotopic (exact) mass is 405 g/mol. The Labute approximate surface area is 171 Å². The number of nitriles is 1. The number of carbonyl (C=O) groups is 1. The molecule has 0 aliphatic carbocycles. The molecule has 29 heavy (non-hydrogen) atoms. The summed E-state index contributed by atoms with van der Waals surface area (Å²) in [6, 6.07) is 28.0. The first-order valence-electron chi connectivity index (χ1n) is 9.01. The summed E-state index contributed by atoms with van der Waals surface area (Å²) >= 11 is 0. The fraction of sp³-hybridized carbons (Fsp3) is 0.130. The number of hydrogen-bond donors (Lipinski definition) is 0. The molecular weight excluding hydrogens is 385 g/mol. The van der Waals surface area contributed by atoms with Gasteiger partial charge in [0, 0.05) is 0 Å². The zero-order valence-electron chi connectivity index (χ0n) is 15.9. The first-order valence-corrected chi connectivity index (χ1v) is 10.4. The molecule has 0 spiro atoms. The van der Waals surface area contributed by atoms with Crippen molar-refractivity contribution in [2.75, 3.05) is 13.3 Å². The summed E-state index contributed by atoms with van der Waals surface area (Å²) in [6.07, 6.45) is 0.382. The van der Waals surface area contributed by atoms with Crippen molar-refractivity contribution in [1.82, 2.24) is 0 Å². The number of esters is 1. The van der Waals surface area contributed by atoms with Crippen LogP contribution in [0.2, 0.25) is 0 Å². The zero-order valence-corrected chi connectivity index (χ0v) is 16.8. The molecule has 0 N–H and O–H groups in total. The average Bonchev–Trinajstić information content (AvgIpc) is 2.78. The van der Waals surface area contributed by atoms with Crippen LogP contribution in [-0.2, 0) is 4.74 Å². The minimum absolute atomic E-state index is 0.382. The van der Waals surface area contributed by atoms with Crippen molar-refractivity contribution in [3.05, 3.63) is 96.1 Å². The summed E-state index contributed by atoms with van der Waals surface area (Å²) < 4.78 is 16.9. The molecule has 0 fully saturated rings. The predicted molar refractivity (Wildman–Crippen MR) is 112 cm³/mol. The van der Waals surface area contributed by atoms with E-state index in [-0.39, 0.29) is 0 Å². The fourth-order valence-corrected chi connectivity index (χ4v) is 4.12. The highest BCUT2D eigenvalue weighted by Gasteiger charge is 2.23. The summed E-state index contributed by atoms with van der Waals surface area (Å²) in [7, 11) is -0.0827. The van der Waals surface area contributed by atoms with E-state index in [4.69, 9.17) is 13.8 Å². The van der Waals surface area contributed by atoms with Crippen molar-refractivity contribution in [2.45, 2.75) is 5.92 Å². The summed E-state index contributed by atoms with van der Waals surface area (Å²) in [6.45, 7) is 0. The lowest BCUT2D eigenvalue weighted by Crippen LogP contribution is -2.08. The summed E-state index contributed by atoms with van der Waals surface area (Å²) in [5.74, 6) is 0.520. The molecule has 0 saturated heterocycles. The highest BCUT2D eigenvalue weighted by atomic mass is 31.2. The Hall–Kier alpha value is -3.35. The standard InChI is InChI=1S/C23H20NO4P/c1-26-23(25)19-14-12-18(13-15-19)20(16-24)17-29(27-21-8-4-2-5-9-21)28-22-10-6-3-7-11-22/h2-15,20H,17H2,1H3. The number of hydrogen-bond acceptors (Lipinski definition) is 5. The van der Waals surface area contributed by atoms with E-state index in [9.17, 15) is 10.1 Å². The maximum atomic E-state index is 11.6. The molecule has 0 bridgehead atoms. The second-order valence-corrected chi connectivity index (χ2v) is 7.52. The lowest BCUT2D eigenvalue weighted by atomic mass is 10.0. The highest BCUT2D eigenvalue weighted by Crippen LogP contribution is 2.43. The van der Waals surface area contributed by atoms with Gasteiger partial charge in [-0.2, -0.15) is 5.26 Å². The minimum atomic E-state index is -1.42. The molecule has 0 aliphatic rings. The van der Waals surface area contributed by atoms with Crippen LogP contribution in [0.5, 0.6) is 11.5 Å². The number of rotatable bonds is 8. The van der Waals surface area contributed by atoms with Crippen LogP contribution in [0.25, 0.3) is 0 Å². The molecule has 6 heteroatoms. The summed E-state index contributed by atoms with van der Waals surface area (Å²) in [5.41, 5.74) is 1.23. The lowest BCUT2D eigenvalue weighted by Gasteiger charge is -2.21. The van der Waals surface area contributed by atoms with Crippen molar-refractivity contribution >= 4 is 14.3 Å². The molecule has 3 rings (SSSR count). The number of methoxy groups -OCH3 is 1. The molecular formula is C23H20NO4P. The Morgan fingerprint density at radius 1 is 0.897 bits per heavy atom. The van der Waals surface area contributed by atoms with Gasteiger partial charge in [0.2, 0.25) is 0 Å². The van der Waals surface area contributed by atoms with Crippen LogP contribution < -0.4 is 9.05 Å². The van der Waals surface area contributed by atoms with Crippen LogP contribution in [-0.4, -0.2) is 19.2 Å². The van der Waals surface area contributed by atoms with Crippen LogP contribution in [0.4, 0.5) is 0 Å². The second-order valence-electron chi connectivity index (χ2n) is 6.12. The maximum absolute atomic E-state index is 11.6. The van der Waals surface area contributed by atoms with Gasteiger partial charge in [-0.1, -0.05) is 48.5 Å². The summed E-state index contributed by atoms with van der Waals surface area (Å²) in [5, 5.41) is 9.74. The van der Waals surface area contributed by atoms with E-state index in [1.807, 2.05) is 60.7 Å². The van der Waals surface area contributed by atoms with E-state index in [2.05, 4.69) is 6.07 Å². The molecule has 0 amide bonds. The molecule has 1 unspecified atom stereocenters. The van der Waals surface area contributed by atoms with Crippen molar-refractivity contribution in [3.8, 4) is 17.6 Å². The number of benzene rings is 3. The van der Waals surface area contributed by atoms with Gasteiger partial charge in [-0.15, -0.1) is 0 Å². The van der Waals surface area contributed by atoms with Gasteiger partial charge in [-0.25, -0.2) is 4.79 Å². The Balaban J connectivity index is 1.78. The molecule has 0 radical (unpaired) electrons. The van der Waals surface area contributed by atoms with E-state index >= 15 is 0 Å².